The van der Waals surface area contributed by atoms with Crippen molar-refractivity contribution in [2.75, 3.05) is 26.2 Å². The highest BCUT2D eigenvalue weighted by Crippen LogP contribution is 2.29. The van der Waals surface area contributed by atoms with E-state index >= 15 is 0 Å². The molecule has 0 saturated carbocycles. The van der Waals surface area contributed by atoms with Crippen LogP contribution in [0.15, 0.2) is 11.0 Å². The summed E-state index contributed by atoms with van der Waals surface area (Å²) in [6, 6.07) is 1.53. The molecule has 0 bridgehead atoms. The van der Waals surface area contributed by atoms with Crippen LogP contribution in [0.2, 0.25) is 0 Å². The van der Waals surface area contributed by atoms with Crippen molar-refractivity contribution in [2.24, 2.45) is 5.73 Å². The van der Waals surface area contributed by atoms with Crippen LogP contribution in [0.25, 0.3) is 0 Å². The topological polar surface area (TPSA) is 83.7 Å². The second-order valence-electron chi connectivity index (χ2n) is 7.21. The predicted octanol–water partition coefficient (Wildman–Crippen LogP) is 1.88. The molecule has 6 nitrogen and oxygen atoms in total. The molecule has 26 heavy (non-hydrogen) atoms. The van der Waals surface area contributed by atoms with E-state index in [0.717, 1.165) is 28.7 Å². The average molecular weight is 382 g/mol. The Balaban J connectivity index is 2.21. The number of sulfonamides is 1. The smallest absolute Gasteiger partial charge is 0.243 e. The largest absolute Gasteiger partial charge is 0.339 e. The number of nitrogens with zero attached hydrogens (tertiary/aromatic N) is 2. The number of hydrogen-bond acceptors (Lipinski definition) is 4. The summed E-state index contributed by atoms with van der Waals surface area (Å²) < 4.78 is 28.0. The number of amides is 1. The first-order chi connectivity index (χ1) is 12.1. The fourth-order valence-electron chi connectivity index (χ4n) is 3.51. The van der Waals surface area contributed by atoms with Crippen molar-refractivity contribution in [3.05, 3.63) is 28.3 Å². The Morgan fingerprint density at radius 2 is 1.58 bits per heavy atom. The molecule has 1 aliphatic heterocycles. The van der Waals surface area contributed by atoms with Gasteiger partial charge in [0.2, 0.25) is 15.9 Å². The van der Waals surface area contributed by atoms with Crippen molar-refractivity contribution < 1.29 is 13.2 Å². The van der Waals surface area contributed by atoms with Crippen LogP contribution < -0.4 is 5.73 Å². The zero-order valence-electron chi connectivity index (χ0n) is 16.5. The number of carbonyl (C=O) groups excluding carboxylic acids is 1. The number of piperazine rings is 1. The number of hydrogen-bond donors (Lipinski definition) is 1. The quantitative estimate of drug-likeness (QED) is 0.844. The van der Waals surface area contributed by atoms with E-state index in [4.69, 9.17) is 5.73 Å². The van der Waals surface area contributed by atoms with Gasteiger partial charge in [0.1, 0.15) is 0 Å². The van der Waals surface area contributed by atoms with Crippen LogP contribution in [0.4, 0.5) is 0 Å². The molecule has 1 aromatic rings. The Morgan fingerprint density at radius 3 is 2.04 bits per heavy atom. The van der Waals surface area contributed by atoms with E-state index in [2.05, 4.69) is 0 Å². The molecule has 1 aliphatic rings. The lowest BCUT2D eigenvalue weighted by atomic mass is 10.0. The monoisotopic (exact) mass is 381 g/mol. The van der Waals surface area contributed by atoms with Crippen molar-refractivity contribution in [3.8, 4) is 0 Å². The lowest BCUT2D eigenvalue weighted by molar-refractivity contribution is -0.133. The van der Waals surface area contributed by atoms with Crippen LogP contribution in [0.3, 0.4) is 0 Å². The first kappa shape index (κ1) is 20.9. The normalized spacial score (nSPS) is 17.4. The predicted molar refractivity (Wildman–Crippen MR) is 104 cm³/mol. The average Bonchev–Trinajstić information content (AvgIpc) is 2.59. The Hall–Kier alpha value is -1.44. The standard InChI is InChI=1S/C19H31N3O3S/c1-6-7-17(20)19(23)21-8-10-22(11-9-21)26(24,25)18-15(4)13(2)12-14(3)16(18)5/h12,17H,6-11,20H2,1-5H3. The highest BCUT2D eigenvalue weighted by Gasteiger charge is 2.33. The van der Waals surface area contributed by atoms with Gasteiger partial charge in [-0.15, -0.1) is 0 Å². The van der Waals surface area contributed by atoms with Gasteiger partial charge in [-0.1, -0.05) is 19.4 Å². The first-order valence-corrected chi connectivity index (χ1v) is 10.7. The maximum absolute atomic E-state index is 13.2. The zero-order valence-corrected chi connectivity index (χ0v) is 17.3. The number of carbonyl (C=O) groups is 1. The molecule has 2 N–H and O–H groups in total. The molecular formula is C19H31N3O3S. The van der Waals surface area contributed by atoms with Crippen molar-refractivity contribution in [3.63, 3.8) is 0 Å². The maximum Gasteiger partial charge on any atom is 0.243 e. The Bertz CT molecular complexity index is 755. The minimum atomic E-state index is -3.58. The molecule has 1 amide bonds. The van der Waals surface area contributed by atoms with Gasteiger partial charge in [0, 0.05) is 26.2 Å². The summed E-state index contributed by atoms with van der Waals surface area (Å²) in [7, 11) is -3.58. The summed E-state index contributed by atoms with van der Waals surface area (Å²) in [6.45, 7) is 11.0. The summed E-state index contributed by atoms with van der Waals surface area (Å²) in [5.74, 6) is -0.0809. The minimum absolute atomic E-state index is 0.0809. The summed E-state index contributed by atoms with van der Waals surface area (Å²) in [5.41, 5.74) is 9.48. The third-order valence-corrected chi connectivity index (χ3v) is 7.54. The Labute approximate surface area is 157 Å². The molecule has 1 unspecified atom stereocenters. The molecular weight excluding hydrogens is 350 g/mol. The van der Waals surface area contributed by atoms with Gasteiger partial charge in [0.25, 0.3) is 0 Å². The van der Waals surface area contributed by atoms with E-state index in [1.165, 1.54) is 4.31 Å². The molecule has 1 fully saturated rings. The molecule has 0 radical (unpaired) electrons. The molecule has 1 aromatic carbocycles. The third-order valence-electron chi connectivity index (χ3n) is 5.36. The number of rotatable bonds is 5. The van der Waals surface area contributed by atoms with E-state index in [1.807, 2.05) is 40.7 Å². The fourth-order valence-corrected chi connectivity index (χ4v) is 5.51. The van der Waals surface area contributed by atoms with Gasteiger partial charge in [-0.2, -0.15) is 4.31 Å². The van der Waals surface area contributed by atoms with E-state index < -0.39 is 16.1 Å². The van der Waals surface area contributed by atoms with Crippen LogP contribution in [0.5, 0.6) is 0 Å². The summed E-state index contributed by atoms with van der Waals surface area (Å²) in [6.07, 6.45) is 1.50. The first-order valence-electron chi connectivity index (χ1n) is 9.23. The van der Waals surface area contributed by atoms with E-state index in [1.54, 1.807) is 4.90 Å². The second-order valence-corrected chi connectivity index (χ2v) is 9.09. The highest BCUT2D eigenvalue weighted by atomic mass is 32.2. The van der Waals surface area contributed by atoms with Crippen molar-refractivity contribution in [1.29, 1.82) is 0 Å². The summed E-state index contributed by atoms with van der Waals surface area (Å²) in [4.78, 5) is 14.4. The van der Waals surface area contributed by atoms with Gasteiger partial charge >= 0.3 is 0 Å². The van der Waals surface area contributed by atoms with Crippen LogP contribution in [0, 0.1) is 27.7 Å². The zero-order chi connectivity index (χ0) is 19.6. The second kappa shape index (κ2) is 8.06. The van der Waals surface area contributed by atoms with Gasteiger partial charge in [0.15, 0.2) is 0 Å². The lowest BCUT2D eigenvalue weighted by Gasteiger charge is -2.35. The van der Waals surface area contributed by atoms with Gasteiger partial charge < -0.3 is 10.6 Å². The number of nitrogens with two attached hydrogens (primary N) is 1. The molecule has 0 spiro atoms. The van der Waals surface area contributed by atoms with Gasteiger partial charge in [0.05, 0.1) is 10.9 Å². The Kier molecular flexibility index (Phi) is 6.47. The van der Waals surface area contributed by atoms with Gasteiger partial charge in [-0.3, -0.25) is 4.79 Å². The minimum Gasteiger partial charge on any atom is -0.339 e. The SMILES string of the molecule is CCCC(N)C(=O)N1CCN(S(=O)(=O)c2c(C)c(C)cc(C)c2C)CC1. The van der Waals surface area contributed by atoms with Crippen LogP contribution in [-0.4, -0.2) is 55.8 Å². The maximum atomic E-state index is 13.2. The van der Waals surface area contributed by atoms with Crippen molar-refractivity contribution >= 4 is 15.9 Å². The molecule has 1 heterocycles. The highest BCUT2D eigenvalue weighted by molar-refractivity contribution is 7.89. The van der Waals surface area contributed by atoms with Gasteiger partial charge in [-0.05, 0) is 56.4 Å². The molecule has 0 aromatic heterocycles. The van der Waals surface area contributed by atoms with E-state index in [-0.39, 0.29) is 5.91 Å². The van der Waals surface area contributed by atoms with Crippen molar-refractivity contribution in [1.82, 2.24) is 9.21 Å². The Morgan fingerprint density at radius 1 is 1.08 bits per heavy atom. The van der Waals surface area contributed by atoms with E-state index in [9.17, 15) is 13.2 Å². The molecule has 146 valence electrons. The number of benzene rings is 1. The molecule has 7 heteroatoms. The summed E-state index contributed by atoms with van der Waals surface area (Å²) in [5, 5.41) is 0. The fraction of sp³-hybridized carbons (Fsp3) is 0.632. The van der Waals surface area contributed by atoms with Crippen LogP contribution in [-0.2, 0) is 14.8 Å². The summed E-state index contributed by atoms with van der Waals surface area (Å²) >= 11 is 0. The van der Waals surface area contributed by atoms with E-state index in [0.29, 0.717) is 37.5 Å². The van der Waals surface area contributed by atoms with Crippen LogP contribution >= 0.6 is 0 Å². The lowest BCUT2D eigenvalue weighted by Crippen LogP contribution is -2.54. The third kappa shape index (κ3) is 3.94. The van der Waals surface area contributed by atoms with Crippen molar-refractivity contribution in [2.45, 2.75) is 58.4 Å². The molecule has 1 saturated heterocycles. The number of aryl methyl sites for hydroxylation is 2. The molecule has 1 atom stereocenters. The van der Waals surface area contributed by atoms with Gasteiger partial charge in [-0.25, -0.2) is 8.42 Å². The molecule has 0 aliphatic carbocycles. The molecule has 2 rings (SSSR count). The van der Waals surface area contributed by atoms with Crippen LogP contribution in [0.1, 0.15) is 42.0 Å².